The number of hydrogen-bond donors (Lipinski definition) is 1. The van der Waals surface area contributed by atoms with E-state index in [2.05, 4.69) is 14.8 Å². The van der Waals surface area contributed by atoms with Crippen LogP contribution in [0.25, 0.3) is 0 Å². The van der Waals surface area contributed by atoms with Crippen LogP contribution in [0.1, 0.15) is 10.4 Å². The molecule has 0 aromatic heterocycles. The molecule has 2 amide bonds. The van der Waals surface area contributed by atoms with Crippen molar-refractivity contribution in [3.63, 3.8) is 0 Å². The Labute approximate surface area is 153 Å². The highest BCUT2D eigenvalue weighted by atomic mass is 19.3. The number of amides is 2. The number of nitrogens with zero attached hydrogens (tertiary/aromatic N) is 1. The van der Waals surface area contributed by atoms with Crippen LogP contribution in [0.5, 0.6) is 17.2 Å². The van der Waals surface area contributed by atoms with E-state index in [1.807, 2.05) is 0 Å². The third kappa shape index (κ3) is 4.43. The molecule has 0 spiro atoms. The SMILES string of the molecule is CN(C)C(=O)COc1cccc(C(=O)Nc2ccc3c(c2)OC(F)(F)O3)c1. The molecule has 9 heteroatoms. The topological polar surface area (TPSA) is 77.1 Å². The van der Waals surface area contributed by atoms with Crippen molar-refractivity contribution < 1.29 is 32.6 Å². The lowest BCUT2D eigenvalue weighted by molar-refractivity contribution is -0.286. The van der Waals surface area contributed by atoms with Crippen LogP contribution in [0.15, 0.2) is 42.5 Å². The zero-order chi connectivity index (χ0) is 19.6. The van der Waals surface area contributed by atoms with E-state index < -0.39 is 12.2 Å². The molecular weight excluding hydrogens is 362 g/mol. The Kier molecular flexibility index (Phi) is 4.85. The number of halogens is 2. The fourth-order valence-corrected chi connectivity index (χ4v) is 2.23. The van der Waals surface area contributed by atoms with E-state index in [4.69, 9.17) is 4.74 Å². The molecule has 0 saturated carbocycles. The van der Waals surface area contributed by atoms with Crippen molar-refractivity contribution in [1.82, 2.24) is 4.90 Å². The monoisotopic (exact) mass is 378 g/mol. The zero-order valence-corrected chi connectivity index (χ0v) is 14.5. The van der Waals surface area contributed by atoms with Gasteiger partial charge in [-0.15, -0.1) is 8.78 Å². The molecule has 0 saturated heterocycles. The van der Waals surface area contributed by atoms with Crippen LogP contribution in [0.3, 0.4) is 0 Å². The lowest BCUT2D eigenvalue weighted by Crippen LogP contribution is -2.27. The van der Waals surface area contributed by atoms with E-state index in [1.54, 1.807) is 32.3 Å². The number of nitrogens with one attached hydrogen (secondary N) is 1. The van der Waals surface area contributed by atoms with Crippen LogP contribution >= 0.6 is 0 Å². The largest absolute Gasteiger partial charge is 0.586 e. The average molecular weight is 378 g/mol. The smallest absolute Gasteiger partial charge is 0.484 e. The maximum atomic E-state index is 13.0. The molecule has 0 fully saturated rings. The van der Waals surface area contributed by atoms with E-state index in [9.17, 15) is 18.4 Å². The van der Waals surface area contributed by atoms with Gasteiger partial charge in [-0.3, -0.25) is 9.59 Å². The van der Waals surface area contributed by atoms with E-state index >= 15 is 0 Å². The van der Waals surface area contributed by atoms with Gasteiger partial charge in [-0.05, 0) is 30.3 Å². The second kappa shape index (κ2) is 7.10. The summed E-state index contributed by atoms with van der Waals surface area (Å²) in [6, 6.07) is 10.2. The Hall–Kier alpha value is -3.36. The van der Waals surface area contributed by atoms with Crippen LogP contribution < -0.4 is 19.5 Å². The molecule has 1 heterocycles. The Balaban J connectivity index is 1.67. The first-order valence-corrected chi connectivity index (χ1v) is 7.88. The summed E-state index contributed by atoms with van der Waals surface area (Å²) in [5.41, 5.74) is 0.530. The molecule has 1 N–H and O–H groups in total. The number of rotatable bonds is 5. The highest BCUT2D eigenvalue weighted by Gasteiger charge is 2.43. The van der Waals surface area contributed by atoms with Gasteiger partial charge in [0.1, 0.15) is 5.75 Å². The van der Waals surface area contributed by atoms with E-state index in [-0.39, 0.29) is 35.3 Å². The lowest BCUT2D eigenvalue weighted by Gasteiger charge is -2.12. The fourth-order valence-electron chi connectivity index (χ4n) is 2.23. The molecule has 0 bridgehead atoms. The first kappa shape index (κ1) is 18.4. The van der Waals surface area contributed by atoms with Crippen molar-refractivity contribution in [3.05, 3.63) is 48.0 Å². The van der Waals surface area contributed by atoms with Crippen LogP contribution in [-0.4, -0.2) is 43.7 Å². The highest BCUT2D eigenvalue weighted by Crippen LogP contribution is 2.42. The van der Waals surface area contributed by atoms with Crippen molar-refractivity contribution in [2.45, 2.75) is 6.29 Å². The molecule has 0 unspecified atom stereocenters. The first-order chi connectivity index (χ1) is 12.7. The molecule has 142 valence electrons. The maximum absolute atomic E-state index is 13.0. The molecule has 3 rings (SSSR count). The minimum Gasteiger partial charge on any atom is -0.484 e. The van der Waals surface area contributed by atoms with E-state index in [1.165, 1.54) is 29.2 Å². The predicted molar refractivity (Wildman–Crippen MR) is 91.2 cm³/mol. The Morgan fingerprint density at radius 3 is 2.59 bits per heavy atom. The number of fused-ring (bicyclic) bond motifs is 1. The molecular formula is C18H16F2N2O5. The van der Waals surface area contributed by atoms with Gasteiger partial charge < -0.3 is 24.4 Å². The van der Waals surface area contributed by atoms with Crippen LogP contribution in [0.4, 0.5) is 14.5 Å². The van der Waals surface area contributed by atoms with E-state index in [0.29, 0.717) is 5.75 Å². The average Bonchev–Trinajstić information content (AvgIpc) is 2.92. The Morgan fingerprint density at radius 2 is 1.85 bits per heavy atom. The van der Waals surface area contributed by atoms with Crippen molar-refractivity contribution in [2.75, 3.05) is 26.0 Å². The maximum Gasteiger partial charge on any atom is 0.586 e. The van der Waals surface area contributed by atoms with Gasteiger partial charge in [-0.2, -0.15) is 0 Å². The number of carbonyl (C=O) groups is 2. The number of anilines is 1. The summed E-state index contributed by atoms with van der Waals surface area (Å²) in [5, 5.41) is 2.58. The minimum atomic E-state index is -3.72. The van der Waals surface area contributed by atoms with Gasteiger partial charge in [-0.1, -0.05) is 6.07 Å². The first-order valence-electron chi connectivity index (χ1n) is 7.88. The molecule has 0 aliphatic carbocycles. The second-order valence-corrected chi connectivity index (χ2v) is 5.89. The van der Waals surface area contributed by atoms with Gasteiger partial charge in [0.05, 0.1) is 0 Å². The minimum absolute atomic E-state index is 0.112. The van der Waals surface area contributed by atoms with Gasteiger partial charge in [-0.25, -0.2) is 0 Å². The molecule has 2 aromatic rings. The molecule has 2 aromatic carbocycles. The lowest BCUT2D eigenvalue weighted by atomic mass is 10.2. The number of benzene rings is 2. The van der Waals surface area contributed by atoms with Gasteiger partial charge >= 0.3 is 6.29 Å². The highest BCUT2D eigenvalue weighted by molar-refractivity contribution is 6.04. The van der Waals surface area contributed by atoms with Crippen LogP contribution in [-0.2, 0) is 4.79 Å². The summed E-state index contributed by atoms with van der Waals surface area (Å²) in [6.07, 6.45) is -3.72. The van der Waals surface area contributed by atoms with Crippen molar-refractivity contribution >= 4 is 17.5 Å². The van der Waals surface area contributed by atoms with Gasteiger partial charge in [0.25, 0.3) is 11.8 Å². The molecule has 7 nitrogen and oxygen atoms in total. The van der Waals surface area contributed by atoms with Crippen molar-refractivity contribution in [1.29, 1.82) is 0 Å². The number of hydrogen-bond acceptors (Lipinski definition) is 5. The van der Waals surface area contributed by atoms with Crippen molar-refractivity contribution in [3.8, 4) is 17.2 Å². The van der Waals surface area contributed by atoms with E-state index in [0.717, 1.165) is 0 Å². The summed E-state index contributed by atoms with van der Waals surface area (Å²) in [7, 11) is 3.22. The number of alkyl halides is 2. The molecule has 27 heavy (non-hydrogen) atoms. The normalized spacial score (nSPS) is 13.8. The second-order valence-electron chi connectivity index (χ2n) is 5.89. The fraction of sp³-hybridized carbons (Fsp3) is 0.222. The quantitative estimate of drug-likeness (QED) is 0.866. The van der Waals surface area contributed by atoms with Crippen molar-refractivity contribution in [2.24, 2.45) is 0 Å². The van der Waals surface area contributed by atoms with Gasteiger partial charge in [0.15, 0.2) is 18.1 Å². The predicted octanol–water partition coefficient (Wildman–Crippen LogP) is 2.73. The standard InChI is InChI=1S/C18H16F2N2O5/c1-22(2)16(23)10-25-13-5-3-4-11(8-13)17(24)21-12-6-7-14-15(9-12)27-18(19,20)26-14/h3-9H,10H2,1-2H3,(H,21,24). The summed E-state index contributed by atoms with van der Waals surface area (Å²) in [6.45, 7) is -0.158. The van der Waals surface area contributed by atoms with Gasteiger partial charge in [0, 0.05) is 31.4 Å². The third-order valence-corrected chi connectivity index (χ3v) is 3.62. The number of likely N-dealkylation sites (N-methyl/N-ethyl adjacent to an activating group) is 1. The van der Waals surface area contributed by atoms with Crippen LogP contribution in [0.2, 0.25) is 0 Å². The van der Waals surface area contributed by atoms with Gasteiger partial charge in [0.2, 0.25) is 0 Å². The molecule has 0 radical (unpaired) electrons. The van der Waals surface area contributed by atoms with Crippen LogP contribution in [0, 0.1) is 0 Å². The summed E-state index contributed by atoms with van der Waals surface area (Å²) in [4.78, 5) is 25.3. The molecule has 1 aliphatic rings. The summed E-state index contributed by atoms with van der Waals surface area (Å²) >= 11 is 0. The third-order valence-electron chi connectivity index (χ3n) is 3.62. The molecule has 0 atom stereocenters. The Morgan fingerprint density at radius 1 is 1.11 bits per heavy atom. The zero-order valence-electron chi connectivity index (χ0n) is 14.5. The number of ether oxygens (including phenoxy) is 3. The summed E-state index contributed by atoms with van der Waals surface area (Å²) < 4.78 is 40.1. The Bertz CT molecular complexity index is 886. The number of carbonyl (C=O) groups excluding carboxylic acids is 2. The molecule has 1 aliphatic heterocycles. The summed E-state index contributed by atoms with van der Waals surface area (Å²) in [5.74, 6) is -0.633.